The van der Waals surface area contributed by atoms with Gasteiger partial charge in [0, 0.05) is 25.0 Å². The lowest BCUT2D eigenvalue weighted by molar-refractivity contribution is 0.134. The van der Waals surface area contributed by atoms with Crippen molar-refractivity contribution in [3.8, 4) is 0 Å². The third-order valence-corrected chi connectivity index (χ3v) is 5.87. The summed E-state index contributed by atoms with van der Waals surface area (Å²) < 4.78 is 31.9. The maximum absolute atomic E-state index is 11.8. The third-order valence-electron chi connectivity index (χ3n) is 4.23. The number of aromatic nitrogens is 2. The summed E-state index contributed by atoms with van der Waals surface area (Å²) in [6.07, 6.45) is 2.25. The topological polar surface area (TPSA) is 88.3 Å². The number of hydrogen-bond donors (Lipinski definition) is 1. The summed E-state index contributed by atoms with van der Waals surface area (Å²) >= 11 is 0. The van der Waals surface area contributed by atoms with Gasteiger partial charge in [-0.25, -0.2) is 13.1 Å². The number of sulfonamides is 1. The van der Waals surface area contributed by atoms with E-state index in [4.69, 9.17) is 4.52 Å². The zero-order valence-corrected chi connectivity index (χ0v) is 15.3. The van der Waals surface area contributed by atoms with E-state index in [1.807, 2.05) is 20.8 Å². The zero-order valence-electron chi connectivity index (χ0n) is 14.4. The van der Waals surface area contributed by atoms with Crippen molar-refractivity contribution >= 4 is 10.0 Å². The minimum Gasteiger partial charge on any atom is -0.338 e. The molecule has 0 spiro atoms. The molecule has 0 saturated carbocycles. The predicted molar refractivity (Wildman–Crippen MR) is 88.6 cm³/mol. The van der Waals surface area contributed by atoms with Gasteiger partial charge >= 0.3 is 0 Å². The molecule has 7 nitrogen and oxygen atoms in total. The molecule has 1 fully saturated rings. The molecular weight excluding hydrogens is 316 g/mol. The fourth-order valence-electron chi connectivity index (χ4n) is 2.79. The van der Waals surface area contributed by atoms with Crippen LogP contribution in [0.5, 0.6) is 0 Å². The molecule has 0 aromatic carbocycles. The Morgan fingerprint density at radius 1 is 1.30 bits per heavy atom. The molecule has 1 N–H and O–H groups in total. The van der Waals surface area contributed by atoms with Crippen LogP contribution in [-0.4, -0.2) is 48.3 Å². The predicted octanol–water partition coefficient (Wildman–Crippen LogP) is 2.05. The molecule has 1 aromatic heterocycles. The molecule has 1 aliphatic rings. The summed E-state index contributed by atoms with van der Waals surface area (Å²) in [4.78, 5) is 6.72. The molecule has 1 aliphatic heterocycles. The second kappa shape index (κ2) is 7.72. The molecule has 1 atom stereocenters. The Kier molecular flexibility index (Phi) is 6.16. The van der Waals surface area contributed by atoms with E-state index in [0.717, 1.165) is 31.8 Å². The van der Waals surface area contributed by atoms with Crippen LogP contribution in [0, 0.1) is 0 Å². The average molecular weight is 344 g/mol. The second-order valence-electron chi connectivity index (χ2n) is 6.57. The van der Waals surface area contributed by atoms with Crippen LogP contribution in [0.3, 0.4) is 0 Å². The molecule has 0 radical (unpaired) electrons. The van der Waals surface area contributed by atoms with Crippen molar-refractivity contribution in [3.05, 3.63) is 11.7 Å². The second-order valence-corrected chi connectivity index (χ2v) is 8.44. The van der Waals surface area contributed by atoms with E-state index in [2.05, 4.69) is 26.7 Å². The number of nitrogens with zero attached hydrogens (tertiary/aromatic N) is 3. The van der Waals surface area contributed by atoms with Crippen molar-refractivity contribution in [3.63, 3.8) is 0 Å². The molecule has 23 heavy (non-hydrogen) atoms. The minimum atomic E-state index is -3.14. The van der Waals surface area contributed by atoms with Gasteiger partial charge in [0.05, 0.1) is 11.8 Å². The molecule has 8 heteroatoms. The Labute approximate surface area is 138 Å². The van der Waals surface area contributed by atoms with Gasteiger partial charge in [0.15, 0.2) is 5.82 Å². The van der Waals surface area contributed by atoms with Gasteiger partial charge in [-0.1, -0.05) is 25.9 Å². The minimum absolute atomic E-state index is 0.0314. The van der Waals surface area contributed by atoms with E-state index in [1.165, 1.54) is 0 Å². The van der Waals surface area contributed by atoms with Crippen molar-refractivity contribution in [1.29, 1.82) is 0 Å². The molecule has 2 heterocycles. The fraction of sp³-hybridized carbons (Fsp3) is 0.867. The molecule has 2 rings (SSSR count). The summed E-state index contributed by atoms with van der Waals surface area (Å²) in [5, 5.41) is 4.01. The van der Waals surface area contributed by atoms with E-state index in [9.17, 15) is 8.42 Å². The van der Waals surface area contributed by atoms with Crippen molar-refractivity contribution in [2.24, 2.45) is 0 Å². The van der Waals surface area contributed by atoms with Crippen LogP contribution >= 0.6 is 0 Å². The molecule has 0 bridgehead atoms. The van der Waals surface area contributed by atoms with Gasteiger partial charge in [0.2, 0.25) is 15.9 Å². The first kappa shape index (κ1) is 18.4. The Balaban J connectivity index is 1.88. The van der Waals surface area contributed by atoms with Crippen molar-refractivity contribution in [2.45, 2.75) is 65.0 Å². The van der Waals surface area contributed by atoms with Crippen LogP contribution < -0.4 is 4.72 Å². The number of piperidine rings is 1. The Bertz CT molecular complexity index is 592. The highest BCUT2D eigenvalue weighted by Crippen LogP contribution is 2.24. The lowest BCUT2D eigenvalue weighted by Crippen LogP contribution is -2.45. The first-order chi connectivity index (χ1) is 10.8. The smallest absolute Gasteiger partial charge is 0.243 e. The molecule has 1 aromatic rings. The molecule has 0 aliphatic carbocycles. The largest absolute Gasteiger partial charge is 0.338 e. The van der Waals surface area contributed by atoms with Gasteiger partial charge in [-0.2, -0.15) is 4.98 Å². The zero-order chi connectivity index (χ0) is 17.0. The molecule has 0 unspecified atom stereocenters. The quantitative estimate of drug-likeness (QED) is 0.814. The molecule has 0 amide bonds. The first-order valence-corrected chi connectivity index (χ1v) is 10.0. The van der Waals surface area contributed by atoms with Gasteiger partial charge in [-0.3, -0.25) is 4.90 Å². The van der Waals surface area contributed by atoms with Gasteiger partial charge in [-0.05, 0) is 26.2 Å². The van der Waals surface area contributed by atoms with Gasteiger partial charge in [0.25, 0.3) is 0 Å². The highest BCUT2D eigenvalue weighted by atomic mass is 32.2. The number of hydrogen-bond acceptors (Lipinski definition) is 6. The third kappa shape index (κ3) is 4.99. The van der Waals surface area contributed by atoms with Crippen LogP contribution in [0.15, 0.2) is 4.52 Å². The van der Waals surface area contributed by atoms with Crippen molar-refractivity contribution < 1.29 is 12.9 Å². The summed E-state index contributed by atoms with van der Waals surface area (Å²) in [5.74, 6) is 1.81. The SMILES string of the molecule is CCCS(=O)(=O)NC1CCN([C@H](C)c2nc(C(C)C)no2)CC1. The van der Waals surface area contributed by atoms with Gasteiger partial charge < -0.3 is 4.52 Å². The van der Waals surface area contributed by atoms with Crippen molar-refractivity contribution in [1.82, 2.24) is 19.8 Å². The van der Waals surface area contributed by atoms with Gasteiger partial charge in [-0.15, -0.1) is 0 Å². The Hall–Kier alpha value is -0.990. The summed E-state index contributed by atoms with van der Waals surface area (Å²) in [6.45, 7) is 9.64. The number of likely N-dealkylation sites (tertiary alicyclic amines) is 1. The molecular formula is C15H28N4O3S. The summed E-state index contributed by atoms with van der Waals surface area (Å²) in [7, 11) is -3.14. The molecule has 1 saturated heterocycles. The number of nitrogens with one attached hydrogen (secondary N) is 1. The maximum atomic E-state index is 11.8. The maximum Gasteiger partial charge on any atom is 0.243 e. The van der Waals surface area contributed by atoms with Crippen LogP contribution in [0.4, 0.5) is 0 Å². The Morgan fingerprint density at radius 2 is 1.96 bits per heavy atom. The first-order valence-electron chi connectivity index (χ1n) is 8.40. The fourth-order valence-corrected chi connectivity index (χ4v) is 4.19. The molecule has 132 valence electrons. The Morgan fingerprint density at radius 3 is 2.48 bits per heavy atom. The van der Waals surface area contributed by atoms with Gasteiger partial charge in [0.1, 0.15) is 0 Å². The van der Waals surface area contributed by atoms with E-state index in [1.54, 1.807) is 0 Å². The van der Waals surface area contributed by atoms with Crippen LogP contribution in [-0.2, 0) is 10.0 Å². The van der Waals surface area contributed by atoms with E-state index >= 15 is 0 Å². The van der Waals surface area contributed by atoms with E-state index < -0.39 is 10.0 Å². The lowest BCUT2D eigenvalue weighted by atomic mass is 10.0. The van der Waals surface area contributed by atoms with Crippen LogP contribution in [0.25, 0.3) is 0 Å². The lowest BCUT2D eigenvalue weighted by Gasteiger charge is -2.34. The normalized spacial score (nSPS) is 19.3. The highest BCUT2D eigenvalue weighted by molar-refractivity contribution is 7.89. The number of rotatable bonds is 7. The van der Waals surface area contributed by atoms with E-state index in [-0.39, 0.29) is 23.8 Å². The highest BCUT2D eigenvalue weighted by Gasteiger charge is 2.28. The average Bonchev–Trinajstić information content (AvgIpc) is 2.96. The van der Waals surface area contributed by atoms with Crippen LogP contribution in [0.2, 0.25) is 0 Å². The summed E-state index contributed by atoms with van der Waals surface area (Å²) in [5.41, 5.74) is 0. The monoisotopic (exact) mass is 344 g/mol. The van der Waals surface area contributed by atoms with Crippen LogP contribution in [0.1, 0.15) is 70.6 Å². The van der Waals surface area contributed by atoms with Crippen molar-refractivity contribution in [2.75, 3.05) is 18.8 Å². The summed E-state index contributed by atoms with van der Waals surface area (Å²) in [6, 6.07) is 0.0899. The van der Waals surface area contributed by atoms with E-state index in [0.29, 0.717) is 12.3 Å². The standard InChI is InChI=1S/C15H28N4O3S/c1-5-10-23(20,21)18-13-6-8-19(9-7-13)12(4)15-16-14(11(2)3)17-22-15/h11-13,18H,5-10H2,1-4H3/t12-/m1/s1.